The van der Waals surface area contributed by atoms with Crippen molar-refractivity contribution in [1.82, 2.24) is 4.90 Å². The number of hydrogen-bond donors (Lipinski definition) is 1. The summed E-state index contributed by atoms with van der Waals surface area (Å²) in [7, 11) is 1.61. The first-order chi connectivity index (χ1) is 12.6. The zero-order valence-corrected chi connectivity index (χ0v) is 14.9. The molecule has 0 spiro atoms. The van der Waals surface area contributed by atoms with Gasteiger partial charge in [-0.05, 0) is 29.8 Å². The van der Waals surface area contributed by atoms with Gasteiger partial charge in [0.15, 0.2) is 0 Å². The molecule has 0 aliphatic rings. The van der Waals surface area contributed by atoms with Crippen molar-refractivity contribution in [3.05, 3.63) is 65.7 Å². The van der Waals surface area contributed by atoms with Gasteiger partial charge in [0.25, 0.3) is 5.91 Å². The molecule has 0 atom stereocenters. The van der Waals surface area contributed by atoms with E-state index in [4.69, 9.17) is 15.2 Å². The Morgan fingerprint density at radius 2 is 1.69 bits per heavy atom. The number of rotatable bonds is 10. The second kappa shape index (κ2) is 10.2. The summed E-state index contributed by atoms with van der Waals surface area (Å²) < 4.78 is 10.4. The molecule has 26 heavy (non-hydrogen) atoms. The molecule has 138 valence electrons. The number of nitrogens with two attached hydrogens (primary N) is 1. The van der Waals surface area contributed by atoms with Crippen LogP contribution < -0.4 is 10.5 Å². The molecule has 0 heterocycles. The van der Waals surface area contributed by atoms with Gasteiger partial charge in [0.05, 0.1) is 6.61 Å². The number of nitrogens with zero attached hydrogens (tertiary/aromatic N) is 1. The number of methoxy groups -OCH3 is 1. The fraction of sp³-hybridized carbons (Fsp3) is 0.300. The highest BCUT2D eigenvalue weighted by Crippen LogP contribution is 2.15. The van der Waals surface area contributed by atoms with Crippen molar-refractivity contribution in [3.8, 4) is 5.75 Å². The van der Waals surface area contributed by atoms with Gasteiger partial charge < -0.3 is 20.1 Å². The maximum atomic E-state index is 12.8. The third-order valence-electron chi connectivity index (χ3n) is 3.79. The maximum Gasteiger partial charge on any atom is 0.254 e. The third kappa shape index (κ3) is 6.22. The van der Waals surface area contributed by atoms with E-state index in [-0.39, 0.29) is 18.9 Å². The summed E-state index contributed by atoms with van der Waals surface area (Å²) in [5, 5.41) is 0. The van der Waals surface area contributed by atoms with Crippen LogP contribution in [0.2, 0.25) is 0 Å². The number of ether oxygens (including phenoxy) is 2. The van der Waals surface area contributed by atoms with Crippen molar-refractivity contribution in [2.45, 2.75) is 13.0 Å². The molecule has 6 heteroatoms. The summed E-state index contributed by atoms with van der Waals surface area (Å²) in [6.07, 6.45) is 0.122. The van der Waals surface area contributed by atoms with Crippen LogP contribution in [0.25, 0.3) is 0 Å². The molecule has 0 fully saturated rings. The molecule has 0 aliphatic carbocycles. The van der Waals surface area contributed by atoms with E-state index in [1.54, 1.807) is 36.3 Å². The van der Waals surface area contributed by atoms with E-state index in [0.29, 0.717) is 31.1 Å². The van der Waals surface area contributed by atoms with Crippen LogP contribution in [0.4, 0.5) is 0 Å². The fourth-order valence-electron chi connectivity index (χ4n) is 2.42. The molecule has 0 unspecified atom stereocenters. The Hall–Kier alpha value is -2.86. The van der Waals surface area contributed by atoms with E-state index in [1.807, 2.05) is 30.3 Å². The first-order valence-corrected chi connectivity index (χ1v) is 8.43. The van der Waals surface area contributed by atoms with Crippen molar-refractivity contribution in [1.29, 1.82) is 0 Å². The van der Waals surface area contributed by atoms with Crippen LogP contribution in [-0.4, -0.2) is 43.6 Å². The molecule has 2 aromatic rings. The highest BCUT2D eigenvalue weighted by molar-refractivity contribution is 5.94. The summed E-state index contributed by atoms with van der Waals surface area (Å²) in [6.45, 7) is 1.63. The first-order valence-electron chi connectivity index (χ1n) is 8.43. The standard InChI is InChI=1S/C20H24N2O4/c1-25-13-14-26-18-9-7-17(8-10-18)20(24)22(12-11-19(21)23)15-16-5-3-2-4-6-16/h2-10H,11-15H2,1H3,(H2,21,23). The van der Waals surface area contributed by atoms with E-state index >= 15 is 0 Å². The lowest BCUT2D eigenvalue weighted by atomic mass is 10.1. The van der Waals surface area contributed by atoms with Gasteiger partial charge in [-0.25, -0.2) is 0 Å². The number of carbonyl (C=O) groups excluding carboxylic acids is 2. The third-order valence-corrected chi connectivity index (χ3v) is 3.79. The summed E-state index contributed by atoms with van der Waals surface area (Å²) in [6, 6.07) is 16.6. The Bertz CT molecular complexity index is 702. The van der Waals surface area contributed by atoms with Gasteiger partial charge in [-0.15, -0.1) is 0 Å². The number of hydrogen-bond acceptors (Lipinski definition) is 4. The van der Waals surface area contributed by atoms with E-state index < -0.39 is 5.91 Å². The second-order valence-corrected chi connectivity index (χ2v) is 5.79. The lowest BCUT2D eigenvalue weighted by molar-refractivity contribution is -0.118. The van der Waals surface area contributed by atoms with Gasteiger partial charge in [0.1, 0.15) is 12.4 Å². The molecule has 2 N–H and O–H groups in total. The smallest absolute Gasteiger partial charge is 0.254 e. The summed E-state index contributed by atoms with van der Waals surface area (Å²) >= 11 is 0. The lowest BCUT2D eigenvalue weighted by Gasteiger charge is -2.22. The quantitative estimate of drug-likeness (QED) is 0.662. The van der Waals surface area contributed by atoms with Crippen molar-refractivity contribution < 1.29 is 19.1 Å². The zero-order chi connectivity index (χ0) is 18.8. The Morgan fingerprint density at radius 1 is 1.00 bits per heavy atom. The number of carbonyl (C=O) groups is 2. The van der Waals surface area contributed by atoms with Gasteiger partial charge in [-0.2, -0.15) is 0 Å². The van der Waals surface area contributed by atoms with E-state index in [1.165, 1.54) is 0 Å². The van der Waals surface area contributed by atoms with Crippen molar-refractivity contribution in [2.24, 2.45) is 5.73 Å². The molecule has 0 radical (unpaired) electrons. The predicted molar refractivity (Wildman–Crippen MR) is 98.8 cm³/mol. The normalized spacial score (nSPS) is 10.3. The van der Waals surface area contributed by atoms with Crippen LogP contribution >= 0.6 is 0 Å². The predicted octanol–water partition coefficient (Wildman–Crippen LogP) is 2.23. The van der Waals surface area contributed by atoms with Gasteiger partial charge in [-0.1, -0.05) is 30.3 Å². The van der Waals surface area contributed by atoms with Crippen LogP contribution in [0.5, 0.6) is 5.75 Å². The molecule has 2 amide bonds. The largest absolute Gasteiger partial charge is 0.491 e. The molecular formula is C20H24N2O4. The highest BCUT2D eigenvalue weighted by Gasteiger charge is 2.17. The number of primary amides is 1. The molecule has 0 aromatic heterocycles. The van der Waals surface area contributed by atoms with Crippen LogP contribution in [0.1, 0.15) is 22.3 Å². The Morgan fingerprint density at radius 3 is 2.31 bits per heavy atom. The summed E-state index contributed by atoms with van der Waals surface area (Å²) in [5.74, 6) is 0.0849. The average molecular weight is 356 g/mol. The Kier molecular flexibility index (Phi) is 7.64. The zero-order valence-electron chi connectivity index (χ0n) is 14.9. The Labute approximate surface area is 153 Å². The molecule has 6 nitrogen and oxygen atoms in total. The minimum Gasteiger partial charge on any atom is -0.491 e. The average Bonchev–Trinajstić information content (AvgIpc) is 2.66. The minimum atomic E-state index is -0.433. The van der Waals surface area contributed by atoms with E-state index in [9.17, 15) is 9.59 Å². The highest BCUT2D eigenvalue weighted by atomic mass is 16.5. The van der Waals surface area contributed by atoms with Gasteiger partial charge >= 0.3 is 0 Å². The van der Waals surface area contributed by atoms with Crippen LogP contribution in [0.3, 0.4) is 0 Å². The number of benzene rings is 2. The molecule has 0 saturated heterocycles. The Balaban J connectivity index is 2.07. The molecule has 0 aliphatic heterocycles. The topological polar surface area (TPSA) is 81.9 Å². The lowest BCUT2D eigenvalue weighted by Crippen LogP contribution is -2.33. The summed E-state index contributed by atoms with van der Waals surface area (Å²) in [4.78, 5) is 25.6. The van der Waals surface area contributed by atoms with Crippen LogP contribution in [0.15, 0.2) is 54.6 Å². The SMILES string of the molecule is COCCOc1ccc(C(=O)N(CCC(N)=O)Cc2ccccc2)cc1. The van der Waals surface area contributed by atoms with E-state index in [0.717, 1.165) is 5.56 Å². The second-order valence-electron chi connectivity index (χ2n) is 5.79. The summed E-state index contributed by atoms with van der Waals surface area (Å²) in [5.41, 5.74) is 6.77. The fourth-order valence-corrected chi connectivity index (χ4v) is 2.42. The molecule has 0 saturated carbocycles. The van der Waals surface area contributed by atoms with E-state index in [2.05, 4.69) is 0 Å². The van der Waals surface area contributed by atoms with Gasteiger partial charge in [0.2, 0.25) is 5.91 Å². The van der Waals surface area contributed by atoms with Crippen molar-refractivity contribution in [2.75, 3.05) is 26.9 Å². The molecule has 2 rings (SSSR count). The first kappa shape index (κ1) is 19.5. The van der Waals surface area contributed by atoms with Crippen molar-refractivity contribution >= 4 is 11.8 Å². The van der Waals surface area contributed by atoms with Gasteiger partial charge in [-0.3, -0.25) is 9.59 Å². The molecular weight excluding hydrogens is 332 g/mol. The van der Waals surface area contributed by atoms with Crippen LogP contribution in [0, 0.1) is 0 Å². The molecule has 0 bridgehead atoms. The van der Waals surface area contributed by atoms with Gasteiger partial charge in [0, 0.05) is 32.2 Å². The van der Waals surface area contributed by atoms with Crippen LogP contribution in [-0.2, 0) is 16.1 Å². The minimum absolute atomic E-state index is 0.122. The van der Waals surface area contributed by atoms with Crippen molar-refractivity contribution in [3.63, 3.8) is 0 Å². The molecule has 2 aromatic carbocycles. The maximum absolute atomic E-state index is 12.8. The number of amides is 2. The monoisotopic (exact) mass is 356 g/mol.